The van der Waals surface area contributed by atoms with E-state index in [0.717, 1.165) is 56.3 Å². The molecule has 0 atom stereocenters. The molecular formula is C27H34N2O6. The molecule has 35 heavy (non-hydrogen) atoms. The number of ketones is 1. The topological polar surface area (TPSA) is 80.7 Å². The van der Waals surface area contributed by atoms with Crippen LogP contribution in [-0.2, 0) is 11.3 Å². The highest BCUT2D eigenvalue weighted by Crippen LogP contribution is 2.42. The Kier molecular flexibility index (Phi) is 8.41. The number of ether oxygens (including phenoxy) is 4. The number of carbonyl (C=O) groups excluding carboxylic acids is 1. The van der Waals surface area contributed by atoms with E-state index in [4.69, 9.17) is 24.1 Å². The predicted octanol–water partition coefficient (Wildman–Crippen LogP) is 3.18. The van der Waals surface area contributed by atoms with E-state index in [1.54, 1.807) is 33.1 Å². The van der Waals surface area contributed by atoms with Crippen LogP contribution in [0.25, 0.3) is 6.08 Å². The number of fused-ring (bicyclic) bond motifs is 3. The number of nitrogens with zero attached hydrogens (tertiary/aromatic N) is 2. The second-order valence-corrected chi connectivity index (χ2v) is 8.97. The fourth-order valence-corrected chi connectivity index (χ4v) is 4.18. The van der Waals surface area contributed by atoms with Crippen molar-refractivity contribution in [3.05, 3.63) is 58.8 Å². The van der Waals surface area contributed by atoms with Gasteiger partial charge in [-0.1, -0.05) is 18.2 Å². The Labute approximate surface area is 206 Å². The highest BCUT2D eigenvalue weighted by Gasteiger charge is 2.33. The van der Waals surface area contributed by atoms with Gasteiger partial charge in [-0.2, -0.15) is 0 Å². The maximum atomic E-state index is 13.0. The molecule has 0 amide bonds. The van der Waals surface area contributed by atoms with E-state index in [9.17, 15) is 4.79 Å². The summed E-state index contributed by atoms with van der Waals surface area (Å²) in [5, 5.41) is 8.06. The number of benzene rings is 2. The minimum absolute atomic E-state index is 0.117. The SMILES string of the molecule is CC(C)O.COc1ccccc1C=C1Oc2c(ccc3c2CN(CCN2CCOCC2)CO3)C1=O. The normalized spacial score (nSPS) is 18.9. The zero-order chi connectivity index (χ0) is 24.8. The van der Waals surface area contributed by atoms with Crippen molar-refractivity contribution in [2.75, 3.05) is 53.2 Å². The number of morpholine rings is 1. The number of hydrogen-bond acceptors (Lipinski definition) is 8. The molecule has 0 aliphatic carbocycles. The van der Waals surface area contributed by atoms with Crippen LogP contribution >= 0.6 is 0 Å². The van der Waals surface area contributed by atoms with Crippen LogP contribution < -0.4 is 14.2 Å². The first-order valence-electron chi connectivity index (χ1n) is 12.0. The van der Waals surface area contributed by atoms with Gasteiger partial charge in [0, 0.05) is 44.4 Å². The largest absolute Gasteiger partial charge is 0.496 e. The van der Waals surface area contributed by atoms with E-state index in [0.29, 0.717) is 36.1 Å². The summed E-state index contributed by atoms with van der Waals surface area (Å²) >= 11 is 0. The van der Waals surface area contributed by atoms with Gasteiger partial charge in [-0.15, -0.1) is 0 Å². The smallest absolute Gasteiger partial charge is 0.231 e. The molecule has 0 unspecified atom stereocenters. The summed E-state index contributed by atoms with van der Waals surface area (Å²) in [6.07, 6.45) is 1.58. The molecule has 0 saturated carbocycles. The zero-order valence-corrected chi connectivity index (χ0v) is 20.7. The van der Waals surface area contributed by atoms with Gasteiger partial charge in [-0.25, -0.2) is 0 Å². The second-order valence-electron chi connectivity index (χ2n) is 8.97. The number of methoxy groups -OCH3 is 1. The Morgan fingerprint density at radius 3 is 2.54 bits per heavy atom. The van der Waals surface area contributed by atoms with Gasteiger partial charge in [-0.05, 0) is 38.1 Å². The van der Waals surface area contributed by atoms with Gasteiger partial charge in [0.25, 0.3) is 0 Å². The number of hydrogen-bond donors (Lipinski definition) is 1. The summed E-state index contributed by atoms with van der Waals surface area (Å²) in [5.41, 5.74) is 2.32. The standard InChI is InChI=1S/C24H26N2O5.C3H8O/c1-28-20-5-3-2-4-17(20)14-22-23(27)18-6-7-21-19(24(18)31-22)15-26(16-30-21)9-8-25-10-12-29-13-11-25;1-3(2)4/h2-7,14H,8-13,15-16H2,1H3;3-4H,1-2H3. The highest BCUT2D eigenvalue weighted by atomic mass is 16.5. The molecule has 3 heterocycles. The number of Topliss-reactive ketones (excluding diaryl/α,β-unsaturated/α-hetero) is 1. The van der Waals surface area contributed by atoms with E-state index in [1.807, 2.05) is 30.3 Å². The third kappa shape index (κ3) is 6.21. The van der Waals surface area contributed by atoms with E-state index >= 15 is 0 Å². The van der Waals surface area contributed by atoms with Crippen LogP contribution in [0.3, 0.4) is 0 Å². The Morgan fingerprint density at radius 2 is 1.80 bits per heavy atom. The van der Waals surface area contributed by atoms with Crippen LogP contribution in [0.1, 0.15) is 35.3 Å². The van der Waals surface area contributed by atoms with Gasteiger partial charge >= 0.3 is 0 Å². The average Bonchev–Trinajstić information content (AvgIpc) is 3.19. The summed E-state index contributed by atoms with van der Waals surface area (Å²) < 4.78 is 22.9. The number of aliphatic hydroxyl groups excluding tert-OH is 1. The van der Waals surface area contributed by atoms with Crippen LogP contribution in [0.2, 0.25) is 0 Å². The molecule has 5 rings (SSSR count). The van der Waals surface area contributed by atoms with Crippen molar-refractivity contribution in [2.45, 2.75) is 26.5 Å². The summed E-state index contributed by atoms with van der Waals surface area (Å²) in [6.45, 7) is 10.1. The monoisotopic (exact) mass is 482 g/mol. The molecule has 8 nitrogen and oxygen atoms in total. The molecule has 0 aromatic heterocycles. The lowest BCUT2D eigenvalue weighted by molar-refractivity contribution is 0.0239. The van der Waals surface area contributed by atoms with Crippen LogP contribution in [0, 0.1) is 0 Å². The van der Waals surface area contributed by atoms with Crippen molar-refractivity contribution in [3.63, 3.8) is 0 Å². The van der Waals surface area contributed by atoms with Crippen LogP contribution in [0.4, 0.5) is 0 Å². The van der Waals surface area contributed by atoms with E-state index < -0.39 is 0 Å². The van der Waals surface area contributed by atoms with E-state index in [-0.39, 0.29) is 11.9 Å². The molecule has 0 bridgehead atoms. The Bertz CT molecular complexity index is 1060. The zero-order valence-electron chi connectivity index (χ0n) is 20.7. The molecule has 0 radical (unpaired) electrons. The maximum Gasteiger partial charge on any atom is 0.231 e. The van der Waals surface area contributed by atoms with Crippen molar-refractivity contribution in [2.24, 2.45) is 0 Å². The van der Waals surface area contributed by atoms with Crippen molar-refractivity contribution in [1.29, 1.82) is 0 Å². The van der Waals surface area contributed by atoms with Crippen LogP contribution in [0.5, 0.6) is 17.2 Å². The first kappa shape index (κ1) is 25.2. The Morgan fingerprint density at radius 1 is 1.09 bits per heavy atom. The van der Waals surface area contributed by atoms with Crippen molar-refractivity contribution in [1.82, 2.24) is 9.80 Å². The number of para-hydroxylation sites is 1. The average molecular weight is 483 g/mol. The fraction of sp³-hybridized carbons (Fsp3) is 0.444. The number of rotatable bonds is 5. The Hall–Kier alpha value is -2.91. The van der Waals surface area contributed by atoms with E-state index in [1.165, 1.54) is 0 Å². The molecule has 3 aliphatic rings. The molecule has 1 saturated heterocycles. The minimum Gasteiger partial charge on any atom is -0.496 e. The number of carbonyl (C=O) groups is 1. The van der Waals surface area contributed by atoms with Gasteiger partial charge in [0.15, 0.2) is 5.76 Å². The van der Waals surface area contributed by atoms with Crippen molar-refractivity contribution >= 4 is 11.9 Å². The summed E-state index contributed by atoms with van der Waals surface area (Å²) in [5.74, 6) is 2.28. The summed E-state index contributed by atoms with van der Waals surface area (Å²) in [4.78, 5) is 17.6. The molecule has 2 aromatic carbocycles. The highest BCUT2D eigenvalue weighted by molar-refractivity contribution is 6.15. The lowest BCUT2D eigenvalue weighted by atomic mass is 10.0. The molecule has 1 N–H and O–H groups in total. The molecule has 1 fully saturated rings. The predicted molar refractivity (Wildman–Crippen MR) is 133 cm³/mol. The van der Waals surface area contributed by atoms with Gasteiger partial charge in [0.05, 0.1) is 31.5 Å². The number of allylic oxidation sites excluding steroid dienone is 1. The molecule has 188 valence electrons. The number of aliphatic hydroxyl groups is 1. The van der Waals surface area contributed by atoms with Gasteiger partial charge in [0.1, 0.15) is 24.0 Å². The van der Waals surface area contributed by atoms with Crippen LogP contribution in [-0.4, -0.2) is 80.0 Å². The van der Waals surface area contributed by atoms with Gasteiger partial charge in [0.2, 0.25) is 5.78 Å². The lowest BCUT2D eigenvalue weighted by Crippen LogP contribution is -2.43. The molecular weight excluding hydrogens is 448 g/mol. The molecule has 2 aromatic rings. The Balaban J connectivity index is 0.000000672. The third-order valence-electron chi connectivity index (χ3n) is 5.94. The molecule has 0 spiro atoms. The van der Waals surface area contributed by atoms with Crippen molar-refractivity contribution in [3.8, 4) is 17.2 Å². The first-order valence-corrected chi connectivity index (χ1v) is 12.0. The summed E-state index contributed by atoms with van der Waals surface area (Å²) in [7, 11) is 1.61. The first-order chi connectivity index (χ1) is 17.0. The fourth-order valence-electron chi connectivity index (χ4n) is 4.18. The van der Waals surface area contributed by atoms with Gasteiger partial charge in [-0.3, -0.25) is 14.6 Å². The summed E-state index contributed by atoms with van der Waals surface area (Å²) in [6, 6.07) is 11.2. The third-order valence-corrected chi connectivity index (χ3v) is 5.94. The van der Waals surface area contributed by atoms with E-state index in [2.05, 4.69) is 9.80 Å². The quantitative estimate of drug-likeness (QED) is 0.651. The molecule has 3 aliphatic heterocycles. The minimum atomic E-state index is -0.167. The van der Waals surface area contributed by atoms with Gasteiger partial charge < -0.3 is 24.1 Å². The second kappa shape index (κ2) is 11.7. The lowest BCUT2D eigenvalue weighted by Gasteiger charge is -2.33. The van der Waals surface area contributed by atoms with Crippen LogP contribution in [0.15, 0.2) is 42.2 Å². The maximum absolute atomic E-state index is 13.0. The van der Waals surface area contributed by atoms with Crippen molar-refractivity contribution < 1.29 is 28.8 Å². The molecule has 8 heteroatoms.